The van der Waals surface area contributed by atoms with Crippen LogP contribution in [-0.4, -0.2) is 11.3 Å². The Kier molecular flexibility index (Phi) is 1.22. The van der Waals surface area contributed by atoms with E-state index in [-0.39, 0.29) is 0 Å². The molecule has 1 N–H and O–H groups in total. The second-order valence-corrected chi connectivity index (χ2v) is 2.84. The number of allylic oxidation sites excluding steroid dienone is 1. The molecule has 1 aliphatic rings. The zero-order chi connectivity index (χ0) is 7.84. The lowest BCUT2D eigenvalue weighted by Gasteiger charge is -1.87. The van der Waals surface area contributed by atoms with Crippen LogP contribution in [0.4, 0.5) is 0 Å². The largest absolute Gasteiger partial charge is 0.356 e. The van der Waals surface area contributed by atoms with Crippen molar-refractivity contribution in [3.63, 3.8) is 0 Å². The fraction of sp³-hybridized carbons (Fsp3) is 0.222. The second-order valence-electron chi connectivity index (χ2n) is 2.84. The lowest BCUT2D eigenvalue weighted by atomic mass is 10.2. The first-order valence-corrected chi connectivity index (χ1v) is 3.66. The molecule has 0 saturated heterocycles. The minimum Gasteiger partial charge on any atom is -0.356 e. The standard InChI is InChI=1S/C9H9NO/c1-6-2-3-9-8(6)4-7(5-11)10-9/h4-5,10H,1-3H2. The summed E-state index contributed by atoms with van der Waals surface area (Å²) < 4.78 is 0. The molecule has 0 atom stereocenters. The van der Waals surface area contributed by atoms with Crippen LogP contribution >= 0.6 is 0 Å². The van der Waals surface area contributed by atoms with Gasteiger partial charge in [-0.2, -0.15) is 0 Å². The molecule has 1 aliphatic carbocycles. The molecule has 1 heterocycles. The number of carbonyl (C=O) groups excluding carboxylic acids is 1. The van der Waals surface area contributed by atoms with Gasteiger partial charge in [-0.1, -0.05) is 6.58 Å². The Balaban J connectivity index is 2.54. The molecule has 0 spiro atoms. The van der Waals surface area contributed by atoms with Crippen LogP contribution in [0.5, 0.6) is 0 Å². The summed E-state index contributed by atoms with van der Waals surface area (Å²) in [5, 5.41) is 0. The van der Waals surface area contributed by atoms with Gasteiger partial charge in [-0.15, -0.1) is 0 Å². The molecule has 1 aromatic rings. The summed E-state index contributed by atoms with van der Waals surface area (Å²) in [6.07, 6.45) is 2.87. The molecular formula is C9H9NO. The summed E-state index contributed by atoms with van der Waals surface area (Å²) in [5.74, 6) is 0. The highest BCUT2D eigenvalue weighted by Crippen LogP contribution is 2.30. The molecule has 2 rings (SSSR count). The SMILES string of the molecule is C=C1CCc2[nH]c(C=O)cc21. The number of hydrogen-bond donors (Lipinski definition) is 1. The van der Waals surface area contributed by atoms with Crippen LogP contribution in [0, 0.1) is 0 Å². The molecule has 0 aromatic carbocycles. The van der Waals surface area contributed by atoms with Crippen molar-refractivity contribution in [2.45, 2.75) is 12.8 Å². The van der Waals surface area contributed by atoms with Crippen molar-refractivity contribution in [2.24, 2.45) is 0 Å². The maximum Gasteiger partial charge on any atom is 0.166 e. The summed E-state index contributed by atoms with van der Waals surface area (Å²) in [5.41, 5.74) is 4.12. The number of aromatic nitrogens is 1. The van der Waals surface area contributed by atoms with Crippen molar-refractivity contribution < 1.29 is 4.79 Å². The third kappa shape index (κ3) is 0.827. The minimum atomic E-state index is 0.663. The number of hydrogen-bond acceptors (Lipinski definition) is 1. The molecule has 56 valence electrons. The van der Waals surface area contributed by atoms with Crippen molar-refractivity contribution >= 4 is 11.9 Å². The molecule has 0 bridgehead atoms. The number of fused-ring (bicyclic) bond motifs is 1. The van der Waals surface area contributed by atoms with Gasteiger partial charge in [-0.25, -0.2) is 0 Å². The molecule has 0 radical (unpaired) electrons. The third-order valence-electron chi connectivity index (χ3n) is 2.10. The average Bonchev–Trinajstić information content (AvgIpc) is 2.53. The topological polar surface area (TPSA) is 32.9 Å². The highest BCUT2D eigenvalue weighted by Gasteiger charge is 2.16. The summed E-state index contributed by atoms with van der Waals surface area (Å²) in [6, 6.07) is 1.87. The van der Waals surface area contributed by atoms with Crippen LogP contribution in [0.15, 0.2) is 12.6 Å². The van der Waals surface area contributed by atoms with E-state index in [1.165, 1.54) is 0 Å². The van der Waals surface area contributed by atoms with Gasteiger partial charge in [0, 0.05) is 5.69 Å². The summed E-state index contributed by atoms with van der Waals surface area (Å²) in [7, 11) is 0. The Morgan fingerprint density at radius 2 is 2.36 bits per heavy atom. The van der Waals surface area contributed by atoms with Crippen molar-refractivity contribution in [3.05, 3.63) is 29.6 Å². The van der Waals surface area contributed by atoms with Gasteiger partial charge < -0.3 is 4.98 Å². The van der Waals surface area contributed by atoms with Gasteiger partial charge in [0.2, 0.25) is 0 Å². The molecule has 1 aromatic heterocycles. The predicted octanol–water partition coefficient (Wildman–Crippen LogP) is 1.79. The van der Waals surface area contributed by atoms with Gasteiger partial charge in [0.05, 0.1) is 5.69 Å². The zero-order valence-electron chi connectivity index (χ0n) is 6.18. The number of aryl methyl sites for hydroxylation is 1. The maximum atomic E-state index is 10.4. The van der Waals surface area contributed by atoms with Gasteiger partial charge >= 0.3 is 0 Å². The first kappa shape index (κ1) is 6.40. The zero-order valence-corrected chi connectivity index (χ0v) is 6.18. The Bertz CT molecular complexity index is 322. The van der Waals surface area contributed by atoms with Crippen molar-refractivity contribution in [2.75, 3.05) is 0 Å². The highest BCUT2D eigenvalue weighted by molar-refractivity contribution is 5.79. The van der Waals surface area contributed by atoms with Crippen molar-refractivity contribution in [1.82, 2.24) is 4.98 Å². The monoisotopic (exact) mass is 147 g/mol. The van der Waals surface area contributed by atoms with Crippen molar-refractivity contribution in [1.29, 1.82) is 0 Å². The Morgan fingerprint density at radius 1 is 1.55 bits per heavy atom. The van der Waals surface area contributed by atoms with E-state index in [0.717, 1.165) is 36.0 Å². The number of nitrogens with one attached hydrogen (secondary N) is 1. The Morgan fingerprint density at radius 3 is 3.00 bits per heavy atom. The van der Waals surface area contributed by atoms with E-state index in [0.29, 0.717) is 5.69 Å². The van der Waals surface area contributed by atoms with E-state index < -0.39 is 0 Å². The molecule has 11 heavy (non-hydrogen) atoms. The number of H-pyrrole nitrogens is 1. The first-order valence-electron chi connectivity index (χ1n) is 3.66. The van der Waals surface area contributed by atoms with Gasteiger partial charge in [0.1, 0.15) is 0 Å². The molecule has 0 saturated carbocycles. The highest BCUT2D eigenvalue weighted by atomic mass is 16.1. The lowest BCUT2D eigenvalue weighted by Crippen LogP contribution is -1.81. The maximum absolute atomic E-state index is 10.4. The molecular weight excluding hydrogens is 138 g/mol. The number of carbonyl (C=O) groups is 1. The summed E-state index contributed by atoms with van der Waals surface area (Å²) in [6.45, 7) is 3.91. The van der Waals surface area contributed by atoms with Gasteiger partial charge in [-0.05, 0) is 30.0 Å². The fourth-order valence-electron chi connectivity index (χ4n) is 1.51. The quantitative estimate of drug-likeness (QED) is 0.603. The van der Waals surface area contributed by atoms with Crippen LogP contribution in [0.2, 0.25) is 0 Å². The van der Waals surface area contributed by atoms with Gasteiger partial charge in [-0.3, -0.25) is 4.79 Å². The van der Waals surface area contributed by atoms with E-state index in [4.69, 9.17) is 0 Å². The van der Waals surface area contributed by atoms with Crippen LogP contribution in [0.3, 0.4) is 0 Å². The predicted molar refractivity (Wildman–Crippen MR) is 43.5 cm³/mol. The minimum absolute atomic E-state index is 0.663. The smallest absolute Gasteiger partial charge is 0.166 e. The molecule has 0 unspecified atom stereocenters. The summed E-state index contributed by atoms with van der Waals surface area (Å²) >= 11 is 0. The summed E-state index contributed by atoms with van der Waals surface area (Å²) in [4.78, 5) is 13.4. The van der Waals surface area contributed by atoms with E-state index in [1.807, 2.05) is 6.07 Å². The normalized spacial score (nSPS) is 15.1. The van der Waals surface area contributed by atoms with Crippen LogP contribution < -0.4 is 0 Å². The van der Waals surface area contributed by atoms with E-state index in [9.17, 15) is 4.79 Å². The third-order valence-corrected chi connectivity index (χ3v) is 2.10. The molecule has 2 nitrogen and oxygen atoms in total. The second kappa shape index (κ2) is 2.09. The van der Waals surface area contributed by atoms with Gasteiger partial charge in [0.25, 0.3) is 0 Å². The lowest BCUT2D eigenvalue weighted by molar-refractivity contribution is 0.111. The Labute approximate surface area is 64.9 Å². The molecule has 2 heteroatoms. The number of aromatic amines is 1. The average molecular weight is 147 g/mol. The first-order chi connectivity index (χ1) is 5.31. The number of rotatable bonds is 1. The van der Waals surface area contributed by atoms with E-state index in [1.54, 1.807) is 0 Å². The number of aldehydes is 1. The fourth-order valence-corrected chi connectivity index (χ4v) is 1.51. The van der Waals surface area contributed by atoms with Crippen LogP contribution in [-0.2, 0) is 6.42 Å². The molecule has 0 amide bonds. The molecule has 0 fully saturated rings. The van der Waals surface area contributed by atoms with E-state index >= 15 is 0 Å². The van der Waals surface area contributed by atoms with Crippen LogP contribution in [0.25, 0.3) is 5.57 Å². The van der Waals surface area contributed by atoms with E-state index in [2.05, 4.69) is 11.6 Å². The molecule has 0 aliphatic heterocycles. The van der Waals surface area contributed by atoms with Crippen molar-refractivity contribution in [3.8, 4) is 0 Å². The Hall–Kier alpha value is -1.31. The van der Waals surface area contributed by atoms with Gasteiger partial charge in [0.15, 0.2) is 6.29 Å². The van der Waals surface area contributed by atoms with Crippen LogP contribution in [0.1, 0.15) is 28.2 Å².